The zero-order valence-corrected chi connectivity index (χ0v) is 14.6. The van der Waals surface area contributed by atoms with Crippen LogP contribution in [-0.2, 0) is 22.6 Å². The summed E-state index contributed by atoms with van der Waals surface area (Å²) in [5, 5.41) is 8.85. The second-order valence-corrected chi connectivity index (χ2v) is 6.86. The van der Waals surface area contributed by atoms with Gasteiger partial charge in [0.25, 0.3) is 0 Å². The molecule has 0 heterocycles. The predicted octanol–water partition coefficient (Wildman–Crippen LogP) is 4.45. The first-order chi connectivity index (χ1) is 11.6. The maximum atomic E-state index is 14.0. The molecule has 2 atom stereocenters. The molecule has 1 saturated carbocycles. The van der Waals surface area contributed by atoms with Crippen LogP contribution in [0.4, 0.5) is 13.2 Å². The Bertz CT molecular complexity index is 778. The minimum absolute atomic E-state index is 0.00136. The van der Waals surface area contributed by atoms with Gasteiger partial charge in [-0.25, -0.2) is 13.2 Å². The summed E-state index contributed by atoms with van der Waals surface area (Å²) in [4.78, 5) is 12.3. The van der Waals surface area contributed by atoms with Crippen molar-refractivity contribution >= 4 is 5.97 Å². The Morgan fingerprint density at radius 3 is 2.52 bits per heavy atom. The van der Waals surface area contributed by atoms with Gasteiger partial charge in [0.15, 0.2) is 11.6 Å². The molecule has 0 aromatic heterocycles. The Morgan fingerprint density at radius 2 is 1.96 bits per heavy atom. The molecule has 134 valence electrons. The SMILES string of the molecule is CCc1c(F)cc(F)c(F)c1COC(=O)[C@@H]1[C@@H](C=C(C)C#N)C1(C)C. The average Bonchev–Trinajstić information content (AvgIpc) is 3.09. The fourth-order valence-electron chi connectivity index (χ4n) is 3.19. The summed E-state index contributed by atoms with van der Waals surface area (Å²) in [7, 11) is 0. The van der Waals surface area contributed by atoms with Crippen molar-refractivity contribution in [1.29, 1.82) is 5.26 Å². The van der Waals surface area contributed by atoms with Crippen molar-refractivity contribution in [3.63, 3.8) is 0 Å². The van der Waals surface area contributed by atoms with Gasteiger partial charge < -0.3 is 4.74 Å². The Morgan fingerprint density at radius 1 is 1.32 bits per heavy atom. The molecular formula is C19H20F3NO2. The number of halogens is 3. The first-order valence-electron chi connectivity index (χ1n) is 8.05. The minimum Gasteiger partial charge on any atom is -0.460 e. The molecule has 0 amide bonds. The lowest BCUT2D eigenvalue weighted by Gasteiger charge is -2.12. The molecule has 1 aliphatic rings. The van der Waals surface area contributed by atoms with Gasteiger partial charge in [-0.15, -0.1) is 0 Å². The van der Waals surface area contributed by atoms with Crippen LogP contribution >= 0.6 is 0 Å². The van der Waals surface area contributed by atoms with Gasteiger partial charge in [0.05, 0.1) is 12.0 Å². The molecule has 1 aromatic rings. The third-order valence-electron chi connectivity index (χ3n) is 4.86. The lowest BCUT2D eigenvalue weighted by atomic mass is 10.0. The van der Waals surface area contributed by atoms with Crippen molar-refractivity contribution in [2.45, 2.75) is 40.7 Å². The molecular weight excluding hydrogens is 331 g/mol. The Balaban J connectivity index is 2.16. The quantitative estimate of drug-likeness (QED) is 0.447. The molecule has 6 heteroatoms. The second-order valence-electron chi connectivity index (χ2n) is 6.86. The Kier molecular flexibility index (Phi) is 5.26. The van der Waals surface area contributed by atoms with Gasteiger partial charge in [-0.05, 0) is 30.2 Å². The van der Waals surface area contributed by atoms with Gasteiger partial charge in [0.2, 0.25) is 0 Å². The van der Waals surface area contributed by atoms with E-state index in [9.17, 15) is 18.0 Å². The summed E-state index contributed by atoms with van der Waals surface area (Å²) in [6.07, 6.45) is 1.86. The van der Waals surface area contributed by atoms with Crippen LogP contribution in [0.3, 0.4) is 0 Å². The van der Waals surface area contributed by atoms with E-state index in [1.807, 2.05) is 19.9 Å². The van der Waals surface area contributed by atoms with E-state index in [0.29, 0.717) is 11.6 Å². The lowest BCUT2D eigenvalue weighted by molar-refractivity contribution is -0.147. The van der Waals surface area contributed by atoms with Crippen LogP contribution in [-0.4, -0.2) is 5.97 Å². The van der Waals surface area contributed by atoms with Gasteiger partial charge in [0.1, 0.15) is 12.4 Å². The normalized spacial score (nSPS) is 21.6. The number of esters is 1. The first-order valence-corrected chi connectivity index (χ1v) is 8.05. The molecule has 0 aliphatic heterocycles. The molecule has 2 rings (SSSR count). The van der Waals surface area contributed by atoms with Crippen molar-refractivity contribution < 1.29 is 22.7 Å². The molecule has 25 heavy (non-hydrogen) atoms. The fourth-order valence-corrected chi connectivity index (χ4v) is 3.19. The maximum absolute atomic E-state index is 14.0. The van der Waals surface area contributed by atoms with E-state index < -0.39 is 35.9 Å². The van der Waals surface area contributed by atoms with Gasteiger partial charge in [0, 0.05) is 17.2 Å². The number of hydrogen-bond donors (Lipinski definition) is 0. The number of rotatable bonds is 5. The van der Waals surface area contributed by atoms with E-state index in [2.05, 4.69) is 0 Å². The highest BCUT2D eigenvalue weighted by Gasteiger charge is 2.61. The summed E-state index contributed by atoms with van der Waals surface area (Å²) in [6, 6.07) is 2.50. The van der Waals surface area contributed by atoms with Crippen molar-refractivity contribution in [3.8, 4) is 6.07 Å². The Labute approximate surface area is 145 Å². The van der Waals surface area contributed by atoms with Crippen LogP contribution in [0.25, 0.3) is 0 Å². The molecule has 0 radical (unpaired) electrons. The van der Waals surface area contributed by atoms with Crippen LogP contribution in [0, 0.1) is 46.0 Å². The van der Waals surface area contributed by atoms with E-state index in [4.69, 9.17) is 10.00 Å². The van der Waals surface area contributed by atoms with E-state index in [1.54, 1.807) is 19.9 Å². The molecule has 0 bridgehead atoms. The summed E-state index contributed by atoms with van der Waals surface area (Å²) < 4.78 is 46.3. The van der Waals surface area contributed by atoms with Gasteiger partial charge in [-0.2, -0.15) is 5.26 Å². The van der Waals surface area contributed by atoms with E-state index >= 15 is 0 Å². The van der Waals surface area contributed by atoms with Crippen LogP contribution in [0.5, 0.6) is 0 Å². The molecule has 0 spiro atoms. The number of nitrogens with zero attached hydrogens (tertiary/aromatic N) is 1. The van der Waals surface area contributed by atoms with Crippen LogP contribution < -0.4 is 0 Å². The number of ether oxygens (including phenoxy) is 1. The second kappa shape index (κ2) is 6.91. The van der Waals surface area contributed by atoms with Gasteiger partial charge >= 0.3 is 5.97 Å². The number of hydrogen-bond acceptors (Lipinski definition) is 3. The smallest absolute Gasteiger partial charge is 0.310 e. The zero-order valence-electron chi connectivity index (χ0n) is 14.6. The largest absolute Gasteiger partial charge is 0.460 e. The summed E-state index contributed by atoms with van der Waals surface area (Å²) >= 11 is 0. The van der Waals surface area contributed by atoms with Gasteiger partial charge in [-0.1, -0.05) is 26.8 Å². The molecule has 1 aromatic carbocycles. The van der Waals surface area contributed by atoms with E-state index in [0.717, 1.165) is 0 Å². The number of carbonyl (C=O) groups excluding carboxylic acids is 1. The van der Waals surface area contributed by atoms with Crippen molar-refractivity contribution in [2.75, 3.05) is 0 Å². The van der Waals surface area contributed by atoms with Crippen LogP contribution in [0.15, 0.2) is 17.7 Å². The highest BCUT2D eigenvalue weighted by Crippen LogP contribution is 2.59. The summed E-state index contributed by atoms with van der Waals surface area (Å²) in [5.74, 6) is -4.55. The third kappa shape index (κ3) is 3.55. The summed E-state index contributed by atoms with van der Waals surface area (Å²) in [5.41, 5.74) is -0.153. The van der Waals surface area contributed by atoms with Gasteiger partial charge in [-0.3, -0.25) is 4.79 Å². The number of benzene rings is 1. The number of carbonyl (C=O) groups is 1. The molecule has 3 nitrogen and oxygen atoms in total. The van der Waals surface area contributed by atoms with Crippen LogP contribution in [0.2, 0.25) is 0 Å². The Hall–Kier alpha value is -2.29. The highest BCUT2D eigenvalue weighted by atomic mass is 19.2. The standard InChI is InChI=1S/C19H20F3NO2/c1-5-11-12(17(22)15(21)7-14(11)20)9-25-18(24)16-13(19(16,3)4)6-10(2)8-23/h6-7,13,16H,5,9H2,1-4H3/t13-,16+/m1/s1. The number of nitriles is 1. The molecule has 0 N–H and O–H groups in total. The topological polar surface area (TPSA) is 50.1 Å². The predicted molar refractivity (Wildman–Crippen MR) is 85.6 cm³/mol. The molecule has 0 saturated heterocycles. The minimum atomic E-state index is -1.31. The van der Waals surface area contributed by atoms with Crippen LogP contribution in [0.1, 0.15) is 38.8 Å². The fraction of sp³-hybridized carbons (Fsp3) is 0.474. The summed E-state index contributed by atoms with van der Waals surface area (Å²) in [6.45, 7) is 6.46. The maximum Gasteiger partial charge on any atom is 0.310 e. The lowest BCUT2D eigenvalue weighted by Crippen LogP contribution is -2.13. The first kappa shape index (κ1) is 19.0. The third-order valence-corrected chi connectivity index (χ3v) is 4.86. The number of allylic oxidation sites excluding steroid dienone is 2. The zero-order chi connectivity index (χ0) is 18.9. The van der Waals surface area contributed by atoms with Crippen molar-refractivity contribution in [1.82, 2.24) is 0 Å². The van der Waals surface area contributed by atoms with E-state index in [1.165, 1.54) is 0 Å². The van der Waals surface area contributed by atoms with Crippen molar-refractivity contribution in [2.24, 2.45) is 17.3 Å². The monoisotopic (exact) mass is 351 g/mol. The molecule has 1 aliphatic carbocycles. The average molecular weight is 351 g/mol. The molecule has 0 unspecified atom stereocenters. The van der Waals surface area contributed by atoms with E-state index in [-0.39, 0.29) is 28.9 Å². The van der Waals surface area contributed by atoms with Crippen molar-refractivity contribution in [3.05, 3.63) is 46.3 Å². The molecule has 1 fully saturated rings. The highest BCUT2D eigenvalue weighted by molar-refractivity contribution is 5.78.